The lowest BCUT2D eigenvalue weighted by Gasteiger charge is -2.52. The van der Waals surface area contributed by atoms with Crippen LogP contribution < -0.4 is 15.0 Å². The average Bonchev–Trinajstić information content (AvgIpc) is 3.66. The van der Waals surface area contributed by atoms with E-state index in [1.165, 1.54) is 18.4 Å². The van der Waals surface area contributed by atoms with Gasteiger partial charge in [-0.15, -0.1) is 0 Å². The maximum absolute atomic E-state index is 12.9. The molecule has 5 aliphatic heterocycles. The first-order valence-corrected chi connectivity index (χ1v) is 14.1. The lowest BCUT2D eigenvalue weighted by Crippen LogP contribution is -2.65. The van der Waals surface area contributed by atoms with E-state index in [0.717, 1.165) is 83.3 Å². The molecule has 2 atom stereocenters. The summed E-state index contributed by atoms with van der Waals surface area (Å²) in [6.07, 6.45) is 5.16. The predicted molar refractivity (Wildman–Crippen MR) is 139 cm³/mol. The second-order valence-electron chi connectivity index (χ2n) is 12.5. The molecule has 6 heterocycles. The highest BCUT2D eigenvalue weighted by Gasteiger charge is 2.46. The molecule has 2 bridgehead atoms. The van der Waals surface area contributed by atoms with Crippen LogP contribution in [0.1, 0.15) is 57.7 Å². The molecule has 6 aliphatic rings. The zero-order chi connectivity index (χ0) is 25.6. The molecule has 1 aromatic rings. The summed E-state index contributed by atoms with van der Waals surface area (Å²) in [5.74, 6) is 1.01. The Labute approximate surface area is 220 Å². The van der Waals surface area contributed by atoms with Gasteiger partial charge in [0.25, 0.3) is 0 Å². The van der Waals surface area contributed by atoms with E-state index in [-0.39, 0.29) is 23.6 Å². The van der Waals surface area contributed by atoms with Crippen LogP contribution in [0.5, 0.6) is 6.01 Å². The Morgan fingerprint density at radius 3 is 2.62 bits per heavy atom. The molecule has 0 aromatic carbocycles. The van der Waals surface area contributed by atoms with Crippen molar-refractivity contribution >= 4 is 11.9 Å². The predicted octanol–water partition coefficient (Wildman–Crippen LogP) is 2.20. The third kappa shape index (κ3) is 5.52. The van der Waals surface area contributed by atoms with Gasteiger partial charge in [-0.2, -0.15) is 9.97 Å². The van der Waals surface area contributed by atoms with Gasteiger partial charge >= 0.3 is 12.1 Å². The number of carbonyl (C=O) groups is 1. The van der Waals surface area contributed by atoms with E-state index in [4.69, 9.17) is 24.2 Å². The molecule has 0 unspecified atom stereocenters. The number of morpholine rings is 1. The molecule has 10 nitrogen and oxygen atoms in total. The van der Waals surface area contributed by atoms with Crippen LogP contribution in [0.25, 0.3) is 0 Å². The molecule has 5 fully saturated rings. The molecular formula is C27H42N6O4. The topological polar surface area (TPSA) is 92.3 Å². The molecule has 1 aliphatic carbocycles. The third-order valence-electron chi connectivity index (χ3n) is 8.45. The van der Waals surface area contributed by atoms with Gasteiger partial charge in [-0.3, -0.25) is 4.90 Å². The minimum atomic E-state index is -0.487. The van der Waals surface area contributed by atoms with E-state index in [1.54, 1.807) is 0 Å². The maximum Gasteiger partial charge on any atom is 0.410 e. The first-order valence-electron chi connectivity index (χ1n) is 14.1. The highest BCUT2D eigenvalue weighted by molar-refractivity contribution is 5.70. The SMILES string of the molecule is CC(C)(C)OC(=O)N1C[C@@H]2CC[C@H]1CN2c1nc(OCC2(CN3CCOCC3)CC2)nc2c1CCNC2. The van der Waals surface area contributed by atoms with Gasteiger partial charge in [-0.25, -0.2) is 4.79 Å². The summed E-state index contributed by atoms with van der Waals surface area (Å²) < 4.78 is 17.6. The van der Waals surface area contributed by atoms with Crippen molar-refractivity contribution in [3.63, 3.8) is 0 Å². The highest BCUT2D eigenvalue weighted by Crippen LogP contribution is 2.46. The number of ether oxygens (including phenoxy) is 3. The van der Waals surface area contributed by atoms with Crippen LogP contribution >= 0.6 is 0 Å². The minimum absolute atomic E-state index is 0.139. The molecule has 0 spiro atoms. The van der Waals surface area contributed by atoms with E-state index in [1.807, 2.05) is 25.7 Å². The van der Waals surface area contributed by atoms with Crippen molar-refractivity contribution in [1.82, 2.24) is 25.1 Å². The van der Waals surface area contributed by atoms with Crippen molar-refractivity contribution in [3.05, 3.63) is 11.3 Å². The summed E-state index contributed by atoms with van der Waals surface area (Å²) in [7, 11) is 0. The number of nitrogens with one attached hydrogen (secondary N) is 1. The molecule has 1 saturated carbocycles. The third-order valence-corrected chi connectivity index (χ3v) is 8.45. The van der Waals surface area contributed by atoms with E-state index < -0.39 is 5.60 Å². The van der Waals surface area contributed by atoms with Crippen LogP contribution in [0, 0.1) is 5.41 Å². The minimum Gasteiger partial charge on any atom is -0.463 e. The number of nitrogens with zero attached hydrogens (tertiary/aromatic N) is 5. The lowest BCUT2D eigenvalue weighted by molar-refractivity contribution is 0.000730. The van der Waals surface area contributed by atoms with Gasteiger partial charge in [0.1, 0.15) is 11.4 Å². The number of anilines is 1. The van der Waals surface area contributed by atoms with Crippen molar-refractivity contribution < 1.29 is 19.0 Å². The van der Waals surface area contributed by atoms with Crippen LogP contribution in [-0.2, 0) is 22.4 Å². The van der Waals surface area contributed by atoms with Gasteiger partial charge in [0.15, 0.2) is 0 Å². The van der Waals surface area contributed by atoms with Crippen molar-refractivity contribution in [2.75, 3.05) is 64.0 Å². The number of piperazine rings is 1. The Kier molecular flexibility index (Phi) is 6.69. The smallest absolute Gasteiger partial charge is 0.410 e. The second kappa shape index (κ2) is 9.85. The Morgan fingerprint density at radius 1 is 1.14 bits per heavy atom. The number of carbonyl (C=O) groups excluding carboxylic acids is 1. The van der Waals surface area contributed by atoms with Crippen LogP contribution in [-0.4, -0.2) is 103 Å². The summed E-state index contributed by atoms with van der Waals surface area (Å²) in [4.78, 5) is 29.6. The largest absolute Gasteiger partial charge is 0.463 e. The molecular weight excluding hydrogens is 472 g/mol. The van der Waals surface area contributed by atoms with Gasteiger partial charge in [-0.1, -0.05) is 0 Å². The summed E-state index contributed by atoms with van der Waals surface area (Å²) >= 11 is 0. The van der Waals surface area contributed by atoms with Crippen LogP contribution in [0.2, 0.25) is 0 Å². The van der Waals surface area contributed by atoms with Gasteiger partial charge in [-0.05, 0) is 59.4 Å². The first-order chi connectivity index (χ1) is 17.8. The summed E-state index contributed by atoms with van der Waals surface area (Å²) in [5.41, 5.74) is 2.01. The maximum atomic E-state index is 12.9. The summed E-state index contributed by atoms with van der Waals surface area (Å²) in [6, 6.07) is 0.867. The number of aromatic nitrogens is 2. The molecule has 204 valence electrons. The second-order valence-corrected chi connectivity index (χ2v) is 12.5. The van der Waals surface area contributed by atoms with Crippen molar-refractivity contribution in [2.24, 2.45) is 5.41 Å². The number of hydrogen-bond donors (Lipinski definition) is 1. The van der Waals surface area contributed by atoms with Crippen LogP contribution in [0.3, 0.4) is 0 Å². The number of amides is 1. The van der Waals surface area contributed by atoms with Crippen molar-refractivity contribution in [2.45, 2.75) is 77.1 Å². The zero-order valence-electron chi connectivity index (χ0n) is 22.6. The monoisotopic (exact) mass is 514 g/mol. The van der Waals surface area contributed by atoms with Gasteiger partial charge in [0, 0.05) is 56.3 Å². The molecule has 0 radical (unpaired) electrons. The Bertz CT molecular complexity index is 1000. The number of hydrogen-bond acceptors (Lipinski definition) is 9. The van der Waals surface area contributed by atoms with Gasteiger partial charge in [0.2, 0.25) is 0 Å². The number of fused-ring (bicyclic) bond motifs is 4. The van der Waals surface area contributed by atoms with Crippen molar-refractivity contribution in [1.29, 1.82) is 0 Å². The molecule has 37 heavy (non-hydrogen) atoms. The fraction of sp³-hybridized carbons (Fsp3) is 0.815. The van der Waals surface area contributed by atoms with E-state index >= 15 is 0 Å². The summed E-state index contributed by atoms with van der Waals surface area (Å²) in [6.45, 7) is 14.3. The molecule has 1 aromatic heterocycles. The van der Waals surface area contributed by atoms with E-state index in [0.29, 0.717) is 19.2 Å². The Hall–Kier alpha value is -2.17. The highest BCUT2D eigenvalue weighted by atomic mass is 16.6. The average molecular weight is 515 g/mol. The molecule has 4 saturated heterocycles. The Balaban J connectivity index is 1.18. The molecule has 10 heteroatoms. The van der Waals surface area contributed by atoms with Crippen molar-refractivity contribution in [3.8, 4) is 6.01 Å². The van der Waals surface area contributed by atoms with Crippen LogP contribution in [0.4, 0.5) is 10.6 Å². The fourth-order valence-corrected chi connectivity index (χ4v) is 6.23. The molecule has 7 rings (SSSR count). The van der Waals surface area contributed by atoms with Crippen LogP contribution in [0.15, 0.2) is 0 Å². The van der Waals surface area contributed by atoms with E-state index in [2.05, 4.69) is 15.1 Å². The summed E-state index contributed by atoms with van der Waals surface area (Å²) in [5, 5.41) is 3.46. The first kappa shape index (κ1) is 25.1. The zero-order valence-corrected chi connectivity index (χ0v) is 22.6. The standard InChI is InChI=1S/C27H42N6O4/c1-26(2,3)37-25(34)33-16-19-4-5-20(33)15-32(19)23-21-6-9-28-14-22(21)29-24(30-23)36-18-27(7-8-27)17-31-10-12-35-13-11-31/h19-20,28H,4-18H2,1-3H3/t19-,20-/m0/s1. The lowest BCUT2D eigenvalue weighted by atomic mass is 9.90. The van der Waals surface area contributed by atoms with Gasteiger partial charge in [0.05, 0.1) is 31.6 Å². The fourth-order valence-electron chi connectivity index (χ4n) is 6.23. The quantitative estimate of drug-likeness (QED) is 0.613. The normalized spacial score (nSPS) is 27.1. The number of rotatable bonds is 6. The number of piperidine rings is 2. The molecule has 1 N–H and O–H groups in total. The van der Waals surface area contributed by atoms with E-state index in [9.17, 15) is 4.79 Å². The molecule has 1 amide bonds. The Morgan fingerprint density at radius 2 is 1.92 bits per heavy atom. The van der Waals surface area contributed by atoms with Gasteiger partial charge < -0.3 is 29.3 Å².